The number of H-pyrrole nitrogens is 4. The molecule has 1 unspecified atom stereocenters. The molecule has 16 heteroatoms. The second-order valence-electron chi connectivity index (χ2n) is 16.3. The fraction of sp³-hybridized carbons (Fsp3) is 0.304. The summed E-state index contributed by atoms with van der Waals surface area (Å²) in [5.74, 6) is -0.921. The molecule has 0 aliphatic carbocycles. The number of carboxylic acids is 1. The zero-order chi connectivity index (χ0) is 42.9. The zero-order valence-corrected chi connectivity index (χ0v) is 35.8. The van der Waals surface area contributed by atoms with Crippen LogP contribution >= 0.6 is 23.2 Å². The van der Waals surface area contributed by atoms with Gasteiger partial charge < -0.3 is 25.1 Å². The van der Waals surface area contributed by atoms with Crippen LogP contribution < -0.4 is 0 Å². The molecule has 1 atom stereocenters. The van der Waals surface area contributed by atoms with Gasteiger partial charge in [0.15, 0.2) is 0 Å². The van der Waals surface area contributed by atoms with Crippen LogP contribution in [0.25, 0.3) is 66.4 Å². The lowest BCUT2D eigenvalue weighted by Gasteiger charge is -2.37. The van der Waals surface area contributed by atoms with Crippen molar-refractivity contribution in [2.24, 2.45) is 0 Å². The van der Waals surface area contributed by atoms with Gasteiger partial charge in [-0.1, -0.05) is 35.3 Å². The number of aliphatic hydroxyl groups excluding tert-OH is 1. The van der Waals surface area contributed by atoms with E-state index >= 15 is 0 Å². The largest absolute Gasteiger partial charge is 0.481 e. The summed E-state index contributed by atoms with van der Waals surface area (Å²) in [5.41, 5.74) is 10.2. The number of rotatable bonds is 10. The van der Waals surface area contributed by atoms with Crippen LogP contribution in [0, 0.1) is 0 Å². The summed E-state index contributed by atoms with van der Waals surface area (Å²) < 4.78 is 0. The summed E-state index contributed by atoms with van der Waals surface area (Å²) in [7, 11) is 0. The van der Waals surface area contributed by atoms with Gasteiger partial charge in [0.05, 0.1) is 28.8 Å². The van der Waals surface area contributed by atoms with Crippen molar-refractivity contribution in [2.45, 2.75) is 32.5 Å². The Balaban J connectivity index is 0.000000158. The molecule has 0 bridgehead atoms. The molecule has 2 fully saturated rings. The topological polar surface area (TPSA) is 176 Å². The predicted molar refractivity (Wildman–Crippen MR) is 244 cm³/mol. The van der Waals surface area contributed by atoms with Gasteiger partial charge in [0.1, 0.15) is 18.0 Å². The van der Waals surface area contributed by atoms with Crippen LogP contribution in [0.2, 0.25) is 10.0 Å². The van der Waals surface area contributed by atoms with Gasteiger partial charge in [0.2, 0.25) is 5.91 Å². The molecule has 62 heavy (non-hydrogen) atoms. The number of nitrogens with zero attached hydrogens (tertiary/aromatic N) is 6. The van der Waals surface area contributed by atoms with Gasteiger partial charge in [-0.2, -0.15) is 10.2 Å². The fourth-order valence-electron chi connectivity index (χ4n) is 8.73. The van der Waals surface area contributed by atoms with Crippen molar-refractivity contribution in [1.29, 1.82) is 0 Å². The average Bonchev–Trinajstić information content (AvgIpc) is 4.08. The SMILES string of the molecule is CC(CC(=O)O)N1CCN(Cc2ccc3[nH]c(-c4n[nH]c5cc(Cl)ccc45)cc3c2)CC1.O=C(CO)N1CCN(Cc2ccc3[nH]c(-c4n[nH]c5cc(Cl)ccc45)cc3c2)CC1. The van der Waals surface area contributed by atoms with E-state index in [4.69, 9.17) is 33.4 Å². The summed E-state index contributed by atoms with van der Waals surface area (Å²) in [6.07, 6.45) is 0.199. The molecule has 2 saturated heterocycles. The van der Waals surface area contributed by atoms with Crippen molar-refractivity contribution in [3.8, 4) is 22.8 Å². The standard InChI is InChI=1S/C24H26ClN5O2.C22H22ClN5O2/c1-15(10-23(31)32)30-8-6-29(7-9-30)14-16-2-5-20-17(11-16)12-22(26-20)24-19-4-3-18(25)13-21(19)27-28-24;23-16-2-3-17-19(11-16)25-26-22(17)20-10-15-9-14(1-4-18(15)24-20)12-27-5-7-28(8-6-27)21(30)13-29/h2-5,11-13,15,26H,6-10,14H2,1H3,(H,27,28)(H,31,32);1-4,9-11,24,29H,5-8,12-13H2,(H,25,26). The quantitative estimate of drug-likeness (QED) is 0.0821. The van der Waals surface area contributed by atoms with Gasteiger partial charge in [-0.05, 0) is 90.8 Å². The summed E-state index contributed by atoms with van der Waals surface area (Å²) >= 11 is 12.2. The first-order valence-corrected chi connectivity index (χ1v) is 21.6. The molecule has 4 aromatic carbocycles. The second kappa shape index (κ2) is 17.9. The van der Waals surface area contributed by atoms with Crippen molar-refractivity contribution in [1.82, 2.24) is 50.0 Å². The molecule has 2 aliphatic rings. The molecule has 6 N–H and O–H groups in total. The maximum absolute atomic E-state index is 11.6. The third-order valence-corrected chi connectivity index (χ3v) is 12.6. The number of aromatic amines is 4. The molecule has 0 saturated carbocycles. The first kappa shape index (κ1) is 41.6. The van der Waals surface area contributed by atoms with Crippen molar-refractivity contribution in [3.63, 3.8) is 0 Å². The number of carbonyl (C=O) groups excluding carboxylic acids is 1. The van der Waals surface area contributed by atoms with E-state index in [1.807, 2.05) is 43.3 Å². The minimum Gasteiger partial charge on any atom is -0.481 e. The van der Waals surface area contributed by atoms with E-state index in [9.17, 15) is 9.59 Å². The van der Waals surface area contributed by atoms with Crippen LogP contribution in [0.1, 0.15) is 24.5 Å². The van der Waals surface area contributed by atoms with Crippen molar-refractivity contribution >= 4 is 78.7 Å². The normalized spacial score (nSPS) is 16.0. The molecule has 8 aromatic rings. The Morgan fingerprint density at radius 3 is 1.60 bits per heavy atom. The Hall–Kier alpha value is -5.74. The lowest BCUT2D eigenvalue weighted by Crippen LogP contribution is -2.49. The smallest absolute Gasteiger partial charge is 0.304 e. The van der Waals surface area contributed by atoms with Gasteiger partial charge >= 0.3 is 5.97 Å². The van der Waals surface area contributed by atoms with Crippen LogP contribution in [-0.2, 0) is 22.7 Å². The molecule has 6 heterocycles. The Morgan fingerprint density at radius 1 is 0.645 bits per heavy atom. The average molecular weight is 876 g/mol. The Labute approximate surface area is 367 Å². The maximum Gasteiger partial charge on any atom is 0.304 e. The summed E-state index contributed by atoms with van der Waals surface area (Å²) in [4.78, 5) is 38.3. The molecule has 10 rings (SSSR count). The second-order valence-corrected chi connectivity index (χ2v) is 17.2. The van der Waals surface area contributed by atoms with Gasteiger partial charge in [0, 0.05) is 114 Å². The number of hydrogen-bond acceptors (Lipinski definition) is 8. The van der Waals surface area contributed by atoms with Crippen molar-refractivity contribution in [3.05, 3.63) is 106 Å². The molecule has 1 amide bonds. The molecule has 4 aromatic heterocycles. The van der Waals surface area contributed by atoms with Crippen molar-refractivity contribution in [2.75, 3.05) is 59.0 Å². The van der Waals surface area contributed by atoms with Crippen LogP contribution in [0.3, 0.4) is 0 Å². The number of aliphatic carboxylic acids is 1. The summed E-state index contributed by atoms with van der Waals surface area (Å²) in [5, 5.41) is 38.8. The number of carbonyl (C=O) groups is 2. The third-order valence-electron chi connectivity index (χ3n) is 12.1. The van der Waals surface area contributed by atoms with Crippen LogP contribution in [0.4, 0.5) is 0 Å². The van der Waals surface area contributed by atoms with Crippen LogP contribution in [0.15, 0.2) is 84.9 Å². The molecule has 0 radical (unpaired) electrons. The molecular weight excluding hydrogens is 827 g/mol. The van der Waals surface area contributed by atoms with Crippen molar-refractivity contribution < 1.29 is 19.8 Å². The van der Waals surface area contributed by atoms with E-state index in [1.165, 1.54) is 11.1 Å². The number of fused-ring (bicyclic) bond motifs is 4. The Bertz CT molecular complexity index is 2890. The van der Waals surface area contributed by atoms with E-state index in [2.05, 4.69) is 93.6 Å². The number of halogens is 2. The molecule has 320 valence electrons. The van der Waals surface area contributed by atoms with E-state index < -0.39 is 12.6 Å². The number of aromatic nitrogens is 6. The summed E-state index contributed by atoms with van der Waals surface area (Å²) in [6, 6.07) is 28.8. The number of piperazine rings is 2. The predicted octanol–water partition coefficient (Wildman–Crippen LogP) is 7.35. The number of benzene rings is 4. The van der Waals surface area contributed by atoms with Gasteiger partial charge in [-0.15, -0.1) is 0 Å². The minimum atomic E-state index is -0.731. The minimum absolute atomic E-state index is 0.0819. The first-order valence-electron chi connectivity index (χ1n) is 20.9. The number of amides is 1. The maximum atomic E-state index is 11.6. The monoisotopic (exact) mass is 874 g/mol. The Kier molecular flexibility index (Phi) is 12.0. The Morgan fingerprint density at radius 2 is 1.13 bits per heavy atom. The number of hydrogen-bond donors (Lipinski definition) is 6. The van der Waals surface area contributed by atoms with Gasteiger partial charge in [-0.3, -0.25) is 34.5 Å². The molecular formula is C46H48Cl2N10O4. The van der Waals surface area contributed by atoms with Crippen LogP contribution in [0.5, 0.6) is 0 Å². The number of nitrogens with one attached hydrogen (secondary N) is 4. The van der Waals surface area contributed by atoms with E-state index in [1.54, 1.807) is 4.90 Å². The third kappa shape index (κ3) is 9.07. The highest BCUT2D eigenvalue weighted by Gasteiger charge is 2.24. The van der Waals surface area contributed by atoms with Gasteiger partial charge in [0.25, 0.3) is 0 Å². The molecule has 0 spiro atoms. The number of aliphatic hydroxyl groups is 1. The fourth-order valence-corrected chi connectivity index (χ4v) is 9.07. The van der Waals surface area contributed by atoms with E-state index in [0.717, 1.165) is 119 Å². The van der Waals surface area contributed by atoms with E-state index in [0.29, 0.717) is 23.1 Å². The highest BCUT2D eigenvalue weighted by atomic mass is 35.5. The molecule has 2 aliphatic heterocycles. The van der Waals surface area contributed by atoms with Gasteiger partial charge in [-0.25, -0.2) is 0 Å². The first-order chi connectivity index (χ1) is 30.1. The zero-order valence-electron chi connectivity index (χ0n) is 34.3. The van der Waals surface area contributed by atoms with E-state index in [-0.39, 0.29) is 18.4 Å². The van der Waals surface area contributed by atoms with Crippen LogP contribution in [-0.4, -0.2) is 137 Å². The lowest BCUT2D eigenvalue weighted by atomic mass is 10.1. The summed E-state index contributed by atoms with van der Waals surface area (Å²) in [6.45, 7) is 9.95. The highest BCUT2D eigenvalue weighted by Crippen LogP contribution is 2.32. The highest BCUT2D eigenvalue weighted by molar-refractivity contribution is 6.31. The molecule has 14 nitrogen and oxygen atoms in total. The number of carboxylic acid groups (broad SMARTS) is 1. The lowest BCUT2D eigenvalue weighted by molar-refractivity contribution is -0.138.